The smallest absolute Gasteiger partial charge is 0.150 e. The predicted octanol–water partition coefficient (Wildman–Crippen LogP) is 1.57. The minimum atomic E-state index is -0.174. The minimum Gasteiger partial charge on any atom is -0.378 e. The highest BCUT2D eigenvalue weighted by Crippen LogP contribution is 2.24. The number of hydrogen-bond acceptors (Lipinski definition) is 4. The highest BCUT2D eigenvalue weighted by atomic mass is 16.5. The van der Waals surface area contributed by atoms with E-state index >= 15 is 0 Å². The van der Waals surface area contributed by atoms with E-state index in [1.807, 2.05) is 19.1 Å². The Kier molecular flexibility index (Phi) is 3.33. The molecule has 0 amide bonds. The molecule has 1 aliphatic heterocycles. The van der Waals surface area contributed by atoms with E-state index in [2.05, 4.69) is 0 Å². The van der Waals surface area contributed by atoms with E-state index in [0.29, 0.717) is 25.3 Å². The molecule has 0 aliphatic carbocycles. The quantitative estimate of drug-likeness (QED) is 0.770. The van der Waals surface area contributed by atoms with Crippen LogP contribution in [0.15, 0.2) is 18.2 Å². The minimum absolute atomic E-state index is 0.174. The number of carbonyl (C=O) groups excluding carboxylic acids is 1. The van der Waals surface area contributed by atoms with Crippen LogP contribution in [0.25, 0.3) is 0 Å². The zero-order chi connectivity index (χ0) is 11.5. The Morgan fingerprint density at radius 2 is 2.31 bits per heavy atom. The Bertz CT molecular complexity index is 392. The summed E-state index contributed by atoms with van der Waals surface area (Å²) < 4.78 is 5.33. The van der Waals surface area contributed by atoms with Crippen molar-refractivity contribution in [2.75, 3.05) is 19.8 Å². The summed E-state index contributed by atoms with van der Waals surface area (Å²) in [6.45, 7) is 3.43. The molecule has 86 valence electrons. The number of hydroxylamine groups is 2. The Morgan fingerprint density at radius 3 is 3.00 bits per heavy atom. The van der Waals surface area contributed by atoms with Crippen molar-refractivity contribution in [2.45, 2.75) is 13.0 Å². The number of hydrogen-bond donors (Lipinski definition) is 1. The maximum Gasteiger partial charge on any atom is 0.150 e. The zero-order valence-electron chi connectivity index (χ0n) is 9.22. The van der Waals surface area contributed by atoms with Crippen molar-refractivity contribution in [2.24, 2.45) is 0 Å². The van der Waals surface area contributed by atoms with Gasteiger partial charge in [0.1, 0.15) is 6.29 Å². The van der Waals surface area contributed by atoms with Crippen molar-refractivity contribution in [3.8, 4) is 0 Å². The number of nitrogens with zero attached hydrogens (tertiary/aromatic N) is 1. The van der Waals surface area contributed by atoms with Gasteiger partial charge in [-0.05, 0) is 24.6 Å². The molecule has 1 aromatic rings. The van der Waals surface area contributed by atoms with Crippen LogP contribution < -0.4 is 0 Å². The standard InChI is InChI=1S/C12H15NO3/c1-9-4-10(7-14)6-11(5-9)12-8-16-3-2-13(12)15/h4-7,12,15H,2-3,8H2,1H3/t12-/m0/s1. The molecule has 4 heteroatoms. The number of ether oxygens (including phenoxy) is 1. The number of benzene rings is 1. The lowest BCUT2D eigenvalue weighted by Gasteiger charge is -2.31. The van der Waals surface area contributed by atoms with Gasteiger partial charge in [-0.1, -0.05) is 11.6 Å². The Morgan fingerprint density at radius 1 is 1.50 bits per heavy atom. The van der Waals surface area contributed by atoms with E-state index in [1.54, 1.807) is 6.07 Å². The number of carbonyl (C=O) groups is 1. The van der Waals surface area contributed by atoms with Crippen LogP contribution in [0.1, 0.15) is 27.5 Å². The molecule has 2 rings (SSSR count). The normalized spacial score (nSPS) is 22.0. The summed E-state index contributed by atoms with van der Waals surface area (Å²) in [6, 6.07) is 5.41. The van der Waals surface area contributed by atoms with Gasteiger partial charge in [-0.15, -0.1) is 0 Å². The summed E-state index contributed by atoms with van der Waals surface area (Å²) in [4.78, 5) is 10.8. The van der Waals surface area contributed by atoms with Gasteiger partial charge in [-0.25, -0.2) is 0 Å². The summed E-state index contributed by atoms with van der Waals surface area (Å²) in [7, 11) is 0. The van der Waals surface area contributed by atoms with Gasteiger partial charge in [0, 0.05) is 12.1 Å². The van der Waals surface area contributed by atoms with E-state index in [4.69, 9.17) is 4.74 Å². The van der Waals surface area contributed by atoms with Gasteiger partial charge in [-0.3, -0.25) is 4.79 Å². The highest BCUT2D eigenvalue weighted by Gasteiger charge is 2.23. The first kappa shape index (κ1) is 11.3. The summed E-state index contributed by atoms with van der Waals surface area (Å²) in [6.07, 6.45) is 0.821. The van der Waals surface area contributed by atoms with Gasteiger partial charge in [0.15, 0.2) is 0 Å². The van der Waals surface area contributed by atoms with Crippen molar-refractivity contribution in [3.63, 3.8) is 0 Å². The third-order valence-corrected chi connectivity index (χ3v) is 2.74. The summed E-state index contributed by atoms with van der Waals surface area (Å²) >= 11 is 0. The van der Waals surface area contributed by atoms with E-state index in [-0.39, 0.29) is 6.04 Å². The Hall–Kier alpha value is -1.23. The molecular weight excluding hydrogens is 206 g/mol. The summed E-state index contributed by atoms with van der Waals surface area (Å²) in [5.41, 5.74) is 2.57. The first-order valence-electron chi connectivity index (χ1n) is 5.31. The van der Waals surface area contributed by atoms with Crippen molar-refractivity contribution in [1.29, 1.82) is 0 Å². The molecule has 1 fully saturated rings. The average Bonchev–Trinajstić information content (AvgIpc) is 2.28. The number of aryl methyl sites for hydroxylation is 1. The fourth-order valence-corrected chi connectivity index (χ4v) is 1.97. The lowest BCUT2D eigenvalue weighted by atomic mass is 10.0. The molecular formula is C12H15NO3. The molecule has 0 radical (unpaired) electrons. The molecule has 1 aliphatic rings. The molecule has 0 unspecified atom stereocenters. The Labute approximate surface area is 94.4 Å². The fraction of sp³-hybridized carbons (Fsp3) is 0.417. The highest BCUT2D eigenvalue weighted by molar-refractivity contribution is 5.75. The molecule has 0 aromatic heterocycles. The number of aldehydes is 1. The van der Waals surface area contributed by atoms with Crippen LogP contribution in [0.2, 0.25) is 0 Å². The van der Waals surface area contributed by atoms with Crippen LogP contribution in [0.4, 0.5) is 0 Å². The van der Waals surface area contributed by atoms with Crippen LogP contribution in [-0.2, 0) is 4.74 Å². The first-order valence-corrected chi connectivity index (χ1v) is 5.31. The molecule has 4 nitrogen and oxygen atoms in total. The molecule has 0 bridgehead atoms. The van der Waals surface area contributed by atoms with E-state index in [1.165, 1.54) is 5.06 Å². The van der Waals surface area contributed by atoms with Crippen molar-refractivity contribution in [3.05, 3.63) is 34.9 Å². The maximum atomic E-state index is 10.8. The van der Waals surface area contributed by atoms with Crippen molar-refractivity contribution >= 4 is 6.29 Å². The molecule has 1 atom stereocenters. The maximum absolute atomic E-state index is 10.8. The second-order valence-corrected chi connectivity index (χ2v) is 4.05. The van der Waals surface area contributed by atoms with E-state index in [9.17, 15) is 10.0 Å². The molecule has 1 aromatic carbocycles. The molecule has 0 spiro atoms. The molecule has 1 heterocycles. The van der Waals surface area contributed by atoms with E-state index < -0.39 is 0 Å². The Balaban J connectivity index is 2.31. The van der Waals surface area contributed by atoms with Crippen LogP contribution in [-0.4, -0.2) is 36.3 Å². The van der Waals surface area contributed by atoms with Gasteiger partial charge in [0.2, 0.25) is 0 Å². The summed E-state index contributed by atoms with van der Waals surface area (Å²) in [5, 5.41) is 11.0. The molecule has 16 heavy (non-hydrogen) atoms. The SMILES string of the molecule is Cc1cc(C=O)cc([C@@H]2COCCN2O)c1. The van der Waals surface area contributed by atoms with Crippen LogP contribution in [0, 0.1) is 6.92 Å². The first-order chi connectivity index (χ1) is 7.70. The van der Waals surface area contributed by atoms with Gasteiger partial charge < -0.3 is 9.94 Å². The van der Waals surface area contributed by atoms with Crippen LogP contribution in [0.3, 0.4) is 0 Å². The van der Waals surface area contributed by atoms with Gasteiger partial charge in [-0.2, -0.15) is 5.06 Å². The molecule has 1 N–H and O–H groups in total. The lowest BCUT2D eigenvalue weighted by Crippen LogP contribution is -2.37. The third kappa shape index (κ3) is 2.29. The van der Waals surface area contributed by atoms with Crippen molar-refractivity contribution < 1.29 is 14.7 Å². The van der Waals surface area contributed by atoms with Gasteiger partial charge in [0.25, 0.3) is 0 Å². The largest absolute Gasteiger partial charge is 0.378 e. The molecule has 1 saturated heterocycles. The predicted molar refractivity (Wildman–Crippen MR) is 58.6 cm³/mol. The molecule has 0 saturated carbocycles. The van der Waals surface area contributed by atoms with E-state index in [0.717, 1.165) is 17.4 Å². The number of rotatable bonds is 2. The second-order valence-electron chi connectivity index (χ2n) is 4.05. The number of morpholine rings is 1. The summed E-state index contributed by atoms with van der Waals surface area (Å²) in [5.74, 6) is 0. The lowest BCUT2D eigenvalue weighted by molar-refractivity contribution is -0.183. The van der Waals surface area contributed by atoms with Crippen LogP contribution in [0.5, 0.6) is 0 Å². The fourth-order valence-electron chi connectivity index (χ4n) is 1.97. The van der Waals surface area contributed by atoms with Crippen LogP contribution >= 0.6 is 0 Å². The monoisotopic (exact) mass is 221 g/mol. The third-order valence-electron chi connectivity index (χ3n) is 2.74. The second kappa shape index (κ2) is 4.74. The topological polar surface area (TPSA) is 49.8 Å². The van der Waals surface area contributed by atoms with Gasteiger partial charge in [0.05, 0.1) is 19.3 Å². The zero-order valence-corrected chi connectivity index (χ0v) is 9.22. The average molecular weight is 221 g/mol. The van der Waals surface area contributed by atoms with Crippen molar-refractivity contribution in [1.82, 2.24) is 5.06 Å². The van der Waals surface area contributed by atoms with Gasteiger partial charge >= 0.3 is 0 Å².